The van der Waals surface area contributed by atoms with Gasteiger partial charge in [0.1, 0.15) is 0 Å². The summed E-state index contributed by atoms with van der Waals surface area (Å²) in [5, 5.41) is 38.5. The minimum atomic E-state index is -3.82. The summed E-state index contributed by atoms with van der Waals surface area (Å²) in [6.07, 6.45) is 1.12. The van der Waals surface area contributed by atoms with Crippen LogP contribution in [0.2, 0.25) is 0 Å². The number of rotatable bonds is 10. The molecule has 0 amide bonds. The van der Waals surface area contributed by atoms with E-state index < -0.39 is 22.0 Å². The molecule has 0 aliphatic carbocycles. The van der Waals surface area contributed by atoms with E-state index in [0.717, 1.165) is 15.6 Å². The van der Waals surface area contributed by atoms with Crippen LogP contribution in [0.4, 0.5) is 5.13 Å². The van der Waals surface area contributed by atoms with Crippen LogP contribution in [0.1, 0.15) is 11.3 Å². The molecular weight excluding hydrogens is 530 g/mol. The van der Waals surface area contributed by atoms with Crippen molar-refractivity contribution in [2.45, 2.75) is 17.6 Å². The normalized spacial score (nSPS) is 10.7. The van der Waals surface area contributed by atoms with Gasteiger partial charge >= 0.3 is 11.9 Å². The average Bonchev–Trinajstić information content (AvgIpc) is 3.23. The number of benzene rings is 1. The van der Waals surface area contributed by atoms with E-state index in [0.29, 0.717) is 28.8 Å². The molecule has 0 aliphatic rings. The molecule has 8 N–H and O–H groups in total. The number of aliphatic carboxylic acids is 2. The monoisotopic (exact) mass is 557 g/mol. The highest BCUT2D eigenvalue weighted by Crippen LogP contribution is 2.21. The molecule has 0 saturated carbocycles. The Morgan fingerprint density at radius 2 is 1.89 bits per heavy atom. The Balaban J connectivity index is 0.000000697. The number of hydrogen-bond acceptors (Lipinski definition) is 9. The molecule has 196 valence electrons. The lowest BCUT2D eigenvalue weighted by atomic mass is 10.2. The van der Waals surface area contributed by atoms with Crippen molar-refractivity contribution < 1.29 is 28.2 Å². The molecule has 13 nitrogen and oxygen atoms in total. The Bertz CT molecular complexity index is 1200. The molecule has 0 radical (unpaired) electrons. The number of thioether (sulfide) groups is 1. The summed E-state index contributed by atoms with van der Waals surface area (Å²) in [7, 11) is -2.30. The highest BCUT2D eigenvalue weighted by Gasteiger charge is 2.26. The van der Waals surface area contributed by atoms with Crippen LogP contribution in [0.3, 0.4) is 0 Å². The predicted octanol–water partition coefficient (Wildman–Crippen LogP) is 1.55. The van der Waals surface area contributed by atoms with Crippen LogP contribution in [0.25, 0.3) is 0 Å². The summed E-state index contributed by atoms with van der Waals surface area (Å²) in [5.41, 5.74) is 6.93. The summed E-state index contributed by atoms with van der Waals surface area (Å²) in [6, 6.07) is 6.64. The van der Waals surface area contributed by atoms with Crippen molar-refractivity contribution in [3.05, 3.63) is 53.1 Å². The van der Waals surface area contributed by atoms with Gasteiger partial charge in [-0.1, -0.05) is 12.1 Å². The number of sulfonamides is 1. The highest BCUT2D eigenvalue weighted by atomic mass is 32.2. The summed E-state index contributed by atoms with van der Waals surface area (Å²) in [4.78, 5) is 23.6. The number of carboxylic acid groups (broad SMARTS) is 2. The van der Waals surface area contributed by atoms with Crippen LogP contribution in [0, 0.1) is 17.7 Å². The molecule has 0 atom stereocenters. The fourth-order valence-corrected chi connectivity index (χ4v) is 5.65. The predicted molar refractivity (Wildman–Crippen MR) is 140 cm³/mol. The Hall–Kier alpha value is -3.63. The fraction of sp³-hybridized carbons (Fsp3) is 0.250. The standard InChI is InChI=1S/C16H23N7O2S3.C4H4O4/c1-11-4-3-5-13(8-11)28(24,25)23(15(19)20-2)6-7-26-9-12-10-27-16(21-12)22-14(17)18;5-3(6)1-2-4(7)8/h3-5,8,10H,6-7,9H2,1-2H3,(H2,19,20)(H4,17,18,21,22);1-2H,(H,5,6)(H,7,8)/b;2-1-. The first-order valence-electron chi connectivity index (χ1n) is 9.99. The first-order chi connectivity index (χ1) is 16.9. The van der Waals surface area contributed by atoms with Gasteiger partial charge in [0.2, 0.25) is 5.96 Å². The molecule has 0 aliphatic heterocycles. The molecule has 36 heavy (non-hydrogen) atoms. The summed E-state index contributed by atoms with van der Waals surface area (Å²) >= 11 is 2.86. The van der Waals surface area contributed by atoms with Crippen molar-refractivity contribution >= 4 is 62.1 Å². The Morgan fingerprint density at radius 3 is 2.42 bits per heavy atom. The summed E-state index contributed by atoms with van der Waals surface area (Å²) in [5.74, 6) is -1.79. The molecule has 0 fully saturated rings. The molecule has 2 aromatic rings. The lowest BCUT2D eigenvalue weighted by Gasteiger charge is -2.24. The minimum absolute atomic E-state index is 0.156. The zero-order chi connectivity index (χ0) is 27.3. The van der Waals surface area contributed by atoms with Gasteiger partial charge in [0.05, 0.1) is 10.6 Å². The van der Waals surface area contributed by atoms with Crippen molar-refractivity contribution in [3.8, 4) is 0 Å². The van der Waals surface area contributed by atoms with Gasteiger partial charge in [0.25, 0.3) is 10.0 Å². The van der Waals surface area contributed by atoms with Crippen LogP contribution in [0.15, 0.2) is 46.7 Å². The van der Waals surface area contributed by atoms with E-state index in [9.17, 15) is 18.0 Å². The Kier molecular flexibility index (Phi) is 12.4. The fourth-order valence-electron chi connectivity index (χ4n) is 2.39. The van der Waals surface area contributed by atoms with Crippen molar-refractivity contribution in [2.75, 3.05) is 24.7 Å². The first-order valence-corrected chi connectivity index (χ1v) is 13.5. The number of aromatic nitrogens is 1. The van der Waals surface area contributed by atoms with Crippen molar-refractivity contribution in [2.24, 2.45) is 5.73 Å². The Labute approximate surface area is 216 Å². The van der Waals surface area contributed by atoms with E-state index in [4.69, 9.17) is 26.8 Å². The molecule has 0 unspecified atom stereocenters. The molecule has 0 spiro atoms. The van der Waals surface area contributed by atoms with Crippen LogP contribution in [-0.2, 0) is 25.4 Å². The number of nitrogens with one attached hydrogen (secondary N) is 4. The van der Waals surface area contributed by atoms with Gasteiger partial charge in [-0.15, -0.1) is 11.3 Å². The maximum atomic E-state index is 12.9. The number of aryl methyl sites for hydroxylation is 1. The number of thiazole rings is 1. The molecule has 0 saturated heterocycles. The maximum absolute atomic E-state index is 12.9. The quantitative estimate of drug-likeness (QED) is 0.0960. The number of nitrogens with two attached hydrogens (primary N) is 1. The number of hydrogen-bond donors (Lipinski definition) is 7. The maximum Gasteiger partial charge on any atom is 0.328 e. The van der Waals surface area contributed by atoms with E-state index in [1.54, 1.807) is 12.1 Å². The van der Waals surface area contributed by atoms with Gasteiger partial charge in [0.15, 0.2) is 11.1 Å². The van der Waals surface area contributed by atoms with Crippen molar-refractivity contribution in [1.29, 1.82) is 10.8 Å². The molecular formula is C20H27N7O6S3. The number of anilines is 1. The van der Waals surface area contributed by atoms with Crippen LogP contribution in [0.5, 0.6) is 0 Å². The first kappa shape index (κ1) is 30.4. The summed E-state index contributed by atoms with van der Waals surface area (Å²) in [6.45, 7) is 1.98. The van der Waals surface area contributed by atoms with Crippen LogP contribution >= 0.6 is 23.1 Å². The van der Waals surface area contributed by atoms with Gasteiger partial charge in [-0.05, 0) is 24.6 Å². The molecule has 1 aromatic carbocycles. The third-order valence-corrected chi connectivity index (χ3v) is 7.49. The molecule has 2 rings (SSSR count). The third-order valence-electron chi connectivity index (χ3n) is 3.91. The van der Waals surface area contributed by atoms with Gasteiger partial charge < -0.3 is 26.6 Å². The molecule has 1 heterocycles. The zero-order valence-electron chi connectivity index (χ0n) is 19.4. The van der Waals surface area contributed by atoms with E-state index in [1.165, 1.54) is 36.2 Å². The highest BCUT2D eigenvalue weighted by molar-refractivity contribution is 7.98. The van der Waals surface area contributed by atoms with Crippen LogP contribution < -0.4 is 16.4 Å². The largest absolute Gasteiger partial charge is 0.478 e. The van der Waals surface area contributed by atoms with Gasteiger partial charge in [-0.25, -0.2) is 27.3 Å². The second kappa shape index (κ2) is 14.7. The van der Waals surface area contributed by atoms with Crippen LogP contribution in [-0.4, -0.2) is 71.1 Å². The van der Waals surface area contributed by atoms with Gasteiger partial charge in [0, 0.05) is 42.6 Å². The SMILES string of the molecule is CNC(=N)N(CCSCc1csc(NC(=N)N)n1)S(=O)(=O)c1cccc(C)c1.O=C(O)/C=C\C(=O)O. The topological polar surface area (TPSA) is 223 Å². The minimum Gasteiger partial charge on any atom is -0.478 e. The van der Waals surface area contributed by atoms with E-state index in [2.05, 4.69) is 15.6 Å². The second-order valence-corrected chi connectivity index (χ2v) is 10.6. The van der Waals surface area contributed by atoms with Crippen molar-refractivity contribution in [3.63, 3.8) is 0 Å². The number of carboxylic acids is 2. The van der Waals surface area contributed by atoms with Gasteiger partial charge in [-0.2, -0.15) is 11.8 Å². The van der Waals surface area contributed by atoms with E-state index >= 15 is 0 Å². The number of guanidine groups is 2. The average molecular weight is 558 g/mol. The smallest absolute Gasteiger partial charge is 0.328 e. The second-order valence-electron chi connectivity index (χ2n) is 6.74. The zero-order valence-corrected chi connectivity index (χ0v) is 21.8. The van der Waals surface area contributed by atoms with E-state index in [-0.39, 0.29) is 23.4 Å². The van der Waals surface area contributed by atoms with E-state index in [1.807, 2.05) is 18.4 Å². The molecule has 0 bridgehead atoms. The molecule has 16 heteroatoms. The Morgan fingerprint density at radius 1 is 1.25 bits per heavy atom. The summed E-state index contributed by atoms with van der Waals surface area (Å²) < 4.78 is 26.9. The number of carbonyl (C=O) groups is 2. The van der Waals surface area contributed by atoms with Crippen molar-refractivity contribution in [1.82, 2.24) is 14.6 Å². The lowest BCUT2D eigenvalue weighted by molar-refractivity contribution is -0.134. The molecule has 1 aromatic heterocycles. The van der Waals surface area contributed by atoms with Gasteiger partial charge in [-0.3, -0.25) is 10.8 Å². The number of nitrogens with zero attached hydrogens (tertiary/aromatic N) is 2. The lowest BCUT2D eigenvalue weighted by Crippen LogP contribution is -2.44. The third kappa shape index (κ3) is 10.7.